The topological polar surface area (TPSA) is 114 Å². The minimum Gasteiger partial charge on any atom is -0.493 e. The van der Waals surface area contributed by atoms with Crippen molar-refractivity contribution in [2.75, 3.05) is 7.11 Å². The summed E-state index contributed by atoms with van der Waals surface area (Å²) < 4.78 is 25.2. The van der Waals surface area contributed by atoms with E-state index in [1.807, 2.05) is 5.32 Å². The number of ether oxygens (including phenoxy) is 2. The first kappa shape index (κ1) is 20.9. The van der Waals surface area contributed by atoms with Crippen molar-refractivity contribution in [2.45, 2.75) is 6.61 Å². The number of carbonyl (C=O) groups excluding carboxylic acids is 2. The maximum Gasteiger partial charge on any atom is 0.319 e. The lowest BCUT2D eigenvalue weighted by Crippen LogP contribution is -2.35. The van der Waals surface area contributed by atoms with E-state index in [0.717, 1.165) is 0 Å². The first-order valence-corrected chi connectivity index (χ1v) is 8.61. The molecule has 0 unspecified atom stereocenters. The zero-order valence-electron chi connectivity index (χ0n) is 14.7. The van der Waals surface area contributed by atoms with Crippen molar-refractivity contribution in [3.05, 3.63) is 63.4 Å². The van der Waals surface area contributed by atoms with Gasteiger partial charge in [-0.2, -0.15) is 5.26 Å². The molecule has 0 atom stereocenters. The number of nitrogens with one attached hydrogen (secondary N) is 1. The van der Waals surface area contributed by atoms with Crippen LogP contribution in [0.3, 0.4) is 0 Å². The average Bonchev–Trinajstić information content (AvgIpc) is 2.65. The summed E-state index contributed by atoms with van der Waals surface area (Å²) in [7, 11) is 1.41. The quantitative estimate of drug-likeness (QED) is 0.520. The Kier molecular flexibility index (Phi) is 7.12. The lowest BCUT2D eigenvalue weighted by atomic mass is 10.1. The molecule has 0 spiro atoms. The smallest absolute Gasteiger partial charge is 0.319 e. The molecular weight excluding hydrogens is 433 g/mol. The summed E-state index contributed by atoms with van der Waals surface area (Å²) in [6.45, 7) is -0.0265. The minimum absolute atomic E-state index is 0.0265. The van der Waals surface area contributed by atoms with Crippen molar-refractivity contribution in [1.29, 1.82) is 5.26 Å². The predicted molar refractivity (Wildman–Crippen MR) is 103 cm³/mol. The number of imide groups is 1. The van der Waals surface area contributed by atoms with E-state index in [9.17, 15) is 14.0 Å². The first-order chi connectivity index (χ1) is 13.3. The van der Waals surface area contributed by atoms with Crippen LogP contribution in [0.4, 0.5) is 9.18 Å². The highest BCUT2D eigenvalue weighted by Crippen LogP contribution is 2.37. The van der Waals surface area contributed by atoms with Crippen LogP contribution in [0.15, 0.2) is 46.4 Å². The van der Waals surface area contributed by atoms with Gasteiger partial charge in [0.05, 0.1) is 11.6 Å². The fraction of sp³-hybridized carbons (Fsp3) is 0.105. The number of hydrogen-bond donors (Lipinski definition) is 2. The van der Waals surface area contributed by atoms with E-state index in [2.05, 4.69) is 15.9 Å². The molecule has 0 aliphatic carbocycles. The highest BCUT2D eigenvalue weighted by atomic mass is 79.9. The molecule has 7 nitrogen and oxygen atoms in total. The van der Waals surface area contributed by atoms with E-state index in [1.165, 1.54) is 25.3 Å². The van der Waals surface area contributed by atoms with Gasteiger partial charge >= 0.3 is 6.03 Å². The van der Waals surface area contributed by atoms with Gasteiger partial charge in [0.25, 0.3) is 5.91 Å². The number of methoxy groups -OCH3 is 1. The van der Waals surface area contributed by atoms with Crippen molar-refractivity contribution in [3.63, 3.8) is 0 Å². The Morgan fingerprint density at radius 2 is 2.07 bits per heavy atom. The standard InChI is InChI=1S/C19H15BrFN3O4/c1-27-16-8-11(6-13(9-22)18(25)24-19(23)26)7-14(20)17(16)28-10-12-4-2-3-5-15(12)21/h2-8H,10H2,1H3,(H3,23,24,25,26)/b13-6-. The Labute approximate surface area is 168 Å². The first-order valence-electron chi connectivity index (χ1n) is 7.82. The zero-order valence-corrected chi connectivity index (χ0v) is 16.2. The van der Waals surface area contributed by atoms with Gasteiger partial charge in [-0.3, -0.25) is 10.1 Å². The van der Waals surface area contributed by atoms with Crippen molar-refractivity contribution in [2.24, 2.45) is 5.73 Å². The number of halogens is 2. The Balaban J connectivity index is 2.31. The van der Waals surface area contributed by atoms with E-state index in [-0.39, 0.29) is 12.2 Å². The Bertz CT molecular complexity index is 986. The third kappa shape index (κ3) is 5.31. The molecule has 3 amide bonds. The second kappa shape index (κ2) is 9.53. The molecule has 144 valence electrons. The maximum absolute atomic E-state index is 13.8. The molecular formula is C19H15BrFN3O4. The number of primary amides is 1. The van der Waals surface area contributed by atoms with Crippen LogP contribution >= 0.6 is 15.9 Å². The number of carbonyl (C=O) groups is 2. The molecule has 2 aromatic carbocycles. The number of rotatable bonds is 6. The summed E-state index contributed by atoms with van der Waals surface area (Å²) >= 11 is 3.33. The molecule has 0 aliphatic rings. The summed E-state index contributed by atoms with van der Waals surface area (Å²) in [6.07, 6.45) is 1.26. The second-order valence-electron chi connectivity index (χ2n) is 5.40. The summed E-state index contributed by atoms with van der Waals surface area (Å²) in [5.74, 6) is -0.700. The number of nitrogens with two attached hydrogens (primary N) is 1. The third-order valence-electron chi connectivity index (χ3n) is 3.49. The average molecular weight is 448 g/mol. The van der Waals surface area contributed by atoms with E-state index in [1.54, 1.807) is 30.3 Å². The van der Waals surface area contributed by atoms with Crippen LogP contribution in [-0.4, -0.2) is 19.0 Å². The lowest BCUT2D eigenvalue weighted by Gasteiger charge is -2.14. The molecule has 3 N–H and O–H groups in total. The van der Waals surface area contributed by atoms with Gasteiger partial charge in [-0.05, 0) is 45.8 Å². The Morgan fingerprint density at radius 3 is 2.68 bits per heavy atom. The van der Waals surface area contributed by atoms with Gasteiger partial charge in [0.1, 0.15) is 24.1 Å². The van der Waals surface area contributed by atoms with E-state index in [4.69, 9.17) is 20.5 Å². The molecule has 0 fully saturated rings. The van der Waals surface area contributed by atoms with Crippen LogP contribution in [-0.2, 0) is 11.4 Å². The molecule has 28 heavy (non-hydrogen) atoms. The van der Waals surface area contributed by atoms with Crippen molar-refractivity contribution >= 4 is 33.9 Å². The SMILES string of the molecule is COc1cc(/C=C(/C#N)C(=O)NC(N)=O)cc(Br)c1OCc1ccccc1F. The molecule has 9 heteroatoms. The van der Waals surface area contributed by atoms with Crippen LogP contribution in [0.5, 0.6) is 11.5 Å². The van der Waals surface area contributed by atoms with E-state index >= 15 is 0 Å². The highest BCUT2D eigenvalue weighted by molar-refractivity contribution is 9.10. The van der Waals surface area contributed by atoms with Crippen LogP contribution in [0.1, 0.15) is 11.1 Å². The Hall–Kier alpha value is -3.38. The summed E-state index contributed by atoms with van der Waals surface area (Å²) in [6, 6.07) is 9.94. The number of hydrogen-bond acceptors (Lipinski definition) is 5. The molecule has 0 saturated heterocycles. The minimum atomic E-state index is -1.07. The van der Waals surface area contributed by atoms with Gasteiger partial charge in [-0.15, -0.1) is 0 Å². The molecule has 2 rings (SSSR count). The summed E-state index contributed by atoms with van der Waals surface area (Å²) in [5.41, 5.74) is 5.36. The molecule has 0 bridgehead atoms. The normalized spacial score (nSPS) is 10.7. The number of benzene rings is 2. The zero-order chi connectivity index (χ0) is 20.7. The Morgan fingerprint density at radius 1 is 1.36 bits per heavy atom. The number of nitriles is 1. The van der Waals surface area contributed by atoms with Gasteiger partial charge in [0, 0.05) is 5.56 Å². The van der Waals surface area contributed by atoms with Gasteiger partial charge in [0.2, 0.25) is 0 Å². The molecule has 0 aromatic heterocycles. The fourth-order valence-corrected chi connectivity index (χ4v) is 2.80. The molecule has 0 heterocycles. The molecule has 0 aliphatic heterocycles. The van der Waals surface area contributed by atoms with E-state index < -0.39 is 17.8 Å². The molecule has 2 aromatic rings. The van der Waals surface area contributed by atoms with Crippen LogP contribution in [0, 0.1) is 17.1 Å². The third-order valence-corrected chi connectivity index (χ3v) is 4.08. The fourth-order valence-electron chi connectivity index (χ4n) is 2.22. The van der Waals surface area contributed by atoms with Gasteiger partial charge in [-0.25, -0.2) is 9.18 Å². The molecule has 0 saturated carbocycles. The largest absolute Gasteiger partial charge is 0.493 e. The van der Waals surface area contributed by atoms with Gasteiger partial charge in [0.15, 0.2) is 11.5 Å². The van der Waals surface area contributed by atoms with Gasteiger partial charge < -0.3 is 15.2 Å². The van der Waals surface area contributed by atoms with Crippen LogP contribution < -0.4 is 20.5 Å². The van der Waals surface area contributed by atoms with Crippen molar-refractivity contribution in [3.8, 4) is 17.6 Å². The highest BCUT2D eigenvalue weighted by Gasteiger charge is 2.15. The van der Waals surface area contributed by atoms with Gasteiger partial charge in [-0.1, -0.05) is 18.2 Å². The monoisotopic (exact) mass is 447 g/mol. The molecule has 0 radical (unpaired) electrons. The maximum atomic E-state index is 13.8. The predicted octanol–water partition coefficient (Wildman–Crippen LogP) is 3.28. The second-order valence-corrected chi connectivity index (χ2v) is 6.26. The number of nitrogens with zero attached hydrogens (tertiary/aromatic N) is 1. The summed E-state index contributed by atoms with van der Waals surface area (Å²) in [5, 5.41) is 10.9. The summed E-state index contributed by atoms with van der Waals surface area (Å²) in [4.78, 5) is 22.6. The van der Waals surface area contributed by atoms with Crippen LogP contribution in [0.25, 0.3) is 6.08 Å². The van der Waals surface area contributed by atoms with E-state index in [0.29, 0.717) is 27.1 Å². The number of urea groups is 1. The van der Waals surface area contributed by atoms with Crippen molar-refractivity contribution < 1.29 is 23.5 Å². The number of amides is 3. The van der Waals surface area contributed by atoms with Crippen LogP contribution in [0.2, 0.25) is 0 Å². The van der Waals surface area contributed by atoms with Crippen molar-refractivity contribution in [1.82, 2.24) is 5.32 Å². The lowest BCUT2D eigenvalue weighted by molar-refractivity contribution is -0.115.